The maximum absolute atomic E-state index is 11.9. The molecule has 8 nitrogen and oxygen atoms in total. The zero-order chi connectivity index (χ0) is 22.5. The standard InChI is InChI=1S/C23H25N3O5S/c27-15-21(28)26(14-22(29)30)17-9-11-25(12-10-17)13-16-5-7-18(8-6-16)31-23-24-19-3-1-2-4-20(19)32-23/h1-8,17,27H,9-15H2,(H,29,30). The highest BCUT2D eigenvalue weighted by Crippen LogP contribution is 2.31. The van der Waals surface area contributed by atoms with Crippen LogP contribution in [0.25, 0.3) is 10.2 Å². The molecule has 9 heteroatoms. The van der Waals surface area contributed by atoms with Crippen LogP contribution in [0.1, 0.15) is 18.4 Å². The number of para-hydroxylation sites is 1. The Hall–Kier alpha value is -3.01. The van der Waals surface area contributed by atoms with Gasteiger partial charge in [-0.25, -0.2) is 4.98 Å². The lowest BCUT2D eigenvalue weighted by Crippen LogP contribution is -2.49. The third-order valence-corrected chi connectivity index (χ3v) is 6.48. The van der Waals surface area contributed by atoms with Gasteiger partial charge in [-0.3, -0.25) is 14.5 Å². The maximum atomic E-state index is 11.9. The van der Waals surface area contributed by atoms with Gasteiger partial charge in [0.15, 0.2) is 0 Å². The molecule has 3 aromatic rings. The number of nitrogens with zero attached hydrogens (tertiary/aromatic N) is 3. The van der Waals surface area contributed by atoms with Crippen LogP contribution in [0.2, 0.25) is 0 Å². The fourth-order valence-corrected chi connectivity index (χ4v) is 4.80. The number of carbonyl (C=O) groups is 2. The normalized spacial score (nSPS) is 15.0. The number of aromatic nitrogens is 1. The molecular weight excluding hydrogens is 430 g/mol. The van der Waals surface area contributed by atoms with Gasteiger partial charge in [-0.05, 0) is 42.7 Å². The Labute approximate surface area is 189 Å². The van der Waals surface area contributed by atoms with E-state index in [9.17, 15) is 9.59 Å². The van der Waals surface area contributed by atoms with E-state index in [2.05, 4.69) is 9.88 Å². The molecule has 0 atom stereocenters. The molecule has 2 heterocycles. The predicted octanol–water partition coefficient (Wildman–Crippen LogP) is 2.96. The highest BCUT2D eigenvalue weighted by atomic mass is 32.1. The summed E-state index contributed by atoms with van der Waals surface area (Å²) in [6, 6.07) is 15.7. The first-order chi connectivity index (χ1) is 15.5. The molecule has 1 aliphatic heterocycles. The quantitative estimate of drug-likeness (QED) is 0.538. The van der Waals surface area contributed by atoms with Crippen LogP contribution in [-0.4, -0.2) is 69.2 Å². The van der Waals surface area contributed by atoms with E-state index in [1.165, 1.54) is 16.2 Å². The molecule has 0 unspecified atom stereocenters. The molecule has 2 aromatic carbocycles. The van der Waals surface area contributed by atoms with Crippen molar-refractivity contribution in [3.05, 3.63) is 54.1 Å². The van der Waals surface area contributed by atoms with Gasteiger partial charge in [-0.2, -0.15) is 0 Å². The van der Waals surface area contributed by atoms with E-state index in [0.29, 0.717) is 18.0 Å². The molecule has 1 fully saturated rings. The number of likely N-dealkylation sites (tertiary alicyclic amines) is 1. The van der Waals surface area contributed by atoms with E-state index in [4.69, 9.17) is 14.9 Å². The van der Waals surface area contributed by atoms with Crippen LogP contribution in [0.5, 0.6) is 10.9 Å². The topological polar surface area (TPSA) is 103 Å². The van der Waals surface area contributed by atoms with Gasteiger partial charge in [0.25, 0.3) is 5.19 Å². The number of fused-ring (bicyclic) bond motifs is 1. The molecule has 32 heavy (non-hydrogen) atoms. The number of aliphatic carboxylic acids is 1. The number of ether oxygens (including phenoxy) is 1. The molecule has 0 saturated carbocycles. The summed E-state index contributed by atoms with van der Waals surface area (Å²) in [4.78, 5) is 31.0. The van der Waals surface area contributed by atoms with Crippen molar-refractivity contribution in [3.63, 3.8) is 0 Å². The Morgan fingerprint density at radius 1 is 1.12 bits per heavy atom. The first-order valence-corrected chi connectivity index (χ1v) is 11.3. The average molecular weight is 456 g/mol. The molecule has 0 radical (unpaired) electrons. The summed E-state index contributed by atoms with van der Waals surface area (Å²) < 4.78 is 6.99. The van der Waals surface area contributed by atoms with E-state index in [0.717, 1.165) is 41.2 Å². The molecule has 168 valence electrons. The number of piperidine rings is 1. The minimum atomic E-state index is -1.07. The van der Waals surface area contributed by atoms with Crippen molar-refractivity contribution in [2.75, 3.05) is 26.2 Å². The minimum Gasteiger partial charge on any atom is -0.480 e. The zero-order valence-corrected chi connectivity index (χ0v) is 18.3. The van der Waals surface area contributed by atoms with Crippen LogP contribution >= 0.6 is 11.3 Å². The molecule has 1 amide bonds. The van der Waals surface area contributed by atoms with Crippen LogP contribution in [0.3, 0.4) is 0 Å². The molecule has 0 bridgehead atoms. The van der Waals surface area contributed by atoms with Crippen molar-refractivity contribution in [2.45, 2.75) is 25.4 Å². The number of carboxylic acid groups (broad SMARTS) is 1. The largest absolute Gasteiger partial charge is 0.480 e. The second-order valence-corrected chi connectivity index (χ2v) is 8.77. The Balaban J connectivity index is 1.30. The summed E-state index contributed by atoms with van der Waals surface area (Å²) in [5, 5.41) is 18.8. The summed E-state index contributed by atoms with van der Waals surface area (Å²) in [6.07, 6.45) is 1.36. The molecule has 0 aliphatic carbocycles. The number of amides is 1. The predicted molar refractivity (Wildman–Crippen MR) is 121 cm³/mol. The highest BCUT2D eigenvalue weighted by molar-refractivity contribution is 7.20. The molecular formula is C23H25N3O5S. The second kappa shape index (κ2) is 10.1. The van der Waals surface area contributed by atoms with E-state index < -0.39 is 18.5 Å². The molecule has 1 saturated heterocycles. The molecule has 1 aromatic heterocycles. The van der Waals surface area contributed by atoms with Crippen molar-refractivity contribution in [1.29, 1.82) is 0 Å². The fraction of sp³-hybridized carbons (Fsp3) is 0.348. The summed E-state index contributed by atoms with van der Waals surface area (Å²) >= 11 is 1.51. The smallest absolute Gasteiger partial charge is 0.323 e. The van der Waals surface area contributed by atoms with Gasteiger partial charge >= 0.3 is 5.97 Å². The van der Waals surface area contributed by atoms with Crippen LogP contribution < -0.4 is 4.74 Å². The minimum absolute atomic E-state index is 0.161. The number of hydrogen-bond acceptors (Lipinski definition) is 7. The Morgan fingerprint density at radius 3 is 2.50 bits per heavy atom. The third kappa shape index (κ3) is 5.42. The summed E-state index contributed by atoms with van der Waals surface area (Å²) in [7, 11) is 0. The van der Waals surface area contributed by atoms with Gasteiger partial charge < -0.3 is 19.8 Å². The molecule has 1 aliphatic rings. The number of carbonyl (C=O) groups excluding carboxylic acids is 1. The lowest BCUT2D eigenvalue weighted by Gasteiger charge is -2.37. The van der Waals surface area contributed by atoms with Gasteiger partial charge in [0.2, 0.25) is 5.91 Å². The molecule has 4 rings (SSSR count). The van der Waals surface area contributed by atoms with Crippen molar-refractivity contribution >= 4 is 33.4 Å². The zero-order valence-electron chi connectivity index (χ0n) is 17.5. The third-order valence-electron chi connectivity index (χ3n) is 5.57. The number of benzene rings is 2. The fourth-order valence-electron chi connectivity index (χ4n) is 3.96. The number of thiazole rings is 1. The van der Waals surface area contributed by atoms with Crippen molar-refractivity contribution < 1.29 is 24.5 Å². The van der Waals surface area contributed by atoms with Crippen LogP contribution in [0.15, 0.2) is 48.5 Å². The molecule has 2 N–H and O–H groups in total. The maximum Gasteiger partial charge on any atom is 0.323 e. The van der Waals surface area contributed by atoms with Gasteiger partial charge in [-0.15, -0.1) is 0 Å². The molecule has 0 spiro atoms. The van der Waals surface area contributed by atoms with Gasteiger partial charge in [0.05, 0.1) is 10.2 Å². The van der Waals surface area contributed by atoms with Crippen LogP contribution in [0.4, 0.5) is 0 Å². The number of aliphatic hydroxyl groups excluding tert-OH is 1. The summed E-state index contributed by atoms with van der Waals surface area (Å²) in [5.41, 5.74) is 2.07. The lowest BCUT2D eigenvalue weighted by molar-refractivity contribution is -0.148. The average Bonchev–Trinajstić information content (AvgIpc) is 3.21. The number of carboxylic acids is 1. The Morgan fingerprint density at radius 2 is 1.84 bits per heavy atom. The van der Waals surface area contributed by atoms with E-state index in [1.807, 2.05) is 48.5 Å². The summed E-state index contributed by atoms with van der Waals surface area (Å²) in [5.74, 6) is -0.865. The highest BCUT2D eigenvalue weighted by Gasteiger charge is 2.29. The van der Waals surface area contributed by atoms with Gasteiger partial charge in [0, 0.05) is 25.7 Å². The number of hydrogen-bond donors (Lipinski definition) is 2. The second-order valence-electron chi connectivity index (χ2n) is 7.77. The Kier molecular flexibility index (Phi) is 6.99. The lowest BCUT2D eigenvalue weighted by atomic mass is 10.0. The summed E-state index contributed by atoms with van der Waals surface area (Å²) in [6.45, 7) is 1.23. The van der Waals surface area contributed by atoms with Gasteiger partial charge in [0.1, 0.15) is 18.9 Å². The number of rotatable bonds is 8. The van der Waals surface area contributed by atoms with Gasteiger partial charge in [-0.1, -0.05) is 35.6 Å². The van der Waals surface area contributed by atoms with Crippen LogP contribution in [0, 0.1) is 0 Å². The van der Waals surface area contributed by atoms with E-state index >= 15 is 0 Å². The monoisotopic (exact) mass is 455 g/mol. The first-order valence-electron chi connectivity index (χ1n) is 10.5. The number of aliphatic hydroxyl groups is 1. The van der Waals surface area contributed by atoms with Crippen molar-refractivity contribution in [1.82, 2.24) is 14.8 Å². The van der Waals surface area contributed by atoms with E-state index in [1.54, 1.807) is 0 Å². The Bertz CT molecular complexity index is 1040. The SMILES string of the molecule is O=C(O)CN(C(=O)CO)C1CCN(Cc2ccc(Oc3nc4ccccc4s3)cc2)CC1. The van der Waals surface area contributed by atoms with Crippen molar-refractivity contribution in [3.8, 4) is 10.9 Å². The van der Waals surface area contributed by atoms with Crippen LogP contribution in [-0.2, 0) is 16.1 Å². The first kappa shape index (κ1) is 22.2. The van der Waals surface area contributed by atoms with E-state index in [-0.39, 0.29) is 12.6 Å². The van der Waals surface area contributed by atoms with Crippen molar-refractivity contribution in [2.24, 2.45) is 0 Å².